The Hall–Kier alpha value is -2.73. The lowest BCUT2D eigenvalue weighted by molar-refractivity contribution is -0.136. The minimum atomic E-state index is -0.526. The fraction of sp³-hybridized carbons (Fsp3) is 0.111. The van der Waals surface area contributed by atoms with Gasteiger partial charge in [0.05, 0.1) is 24.4 Å². The molecule has 0 fully saturated rings. The second-order valence-corrected chi connectivity index (χ2v) is 5.64. The Bertz CT molecular complexity index is 804. The summed E-state index contributed by atoms with van der Waals surface area (Å²) >= 11 is 5.28. The van der Waals surface area contributed by atoms with Crippen molar-refractivity contribution in [3.8, 4) is 0 Å². The van der Waals surface area contributed by atoms with Crippen LogP contribution >= 0.6 is 12.2 Å². The van der Waals surface area contributed by atoms with E-state index in [1.54, 1.807) is 12.1 Å². The molecule has 6 heteroatoms. The summed E-state index contributed by atoms with van der Waals surface area (Å²) < 4.78 is 18.2. The molecule has 0 radical (unpaired) electrons. The Labute approximate surface area is 144 Å². The lowest BCUT2D eigenvalue weighted by Gasteiger charge is -2.31. The molecular weight excluding hydrogens is 327 g/mol. The number of nitrogens with one attached hydrogen (secondary N) is 2. The molecule has 122 valence electrons. The summed E-state index contributed by atoms with van der Waals surface area (Å²) in [6.07, 6.45) is 0. The van der Waals surface area contributed by atoms with Crippen LogP contribution in [0.3, 0.4) is 0 Å². The van der Waals surface area contributed by atoms with Gasteiger partial charge in [-0.05, 0) is 35.5 Å². The number of esters is 1. The first-order chi connectivity index (χ1) is 11.6. The number of rotatable bonds is 3. The highest BCUT2D eigenvalue weighted by Crippen LogP contribution is 2.31. The predicted molar refractivity (Wildman–Crippen MR) is 93.4 cm³/mol. The minimum absolute atomic E-state index is 0.345. The zero-order valence-electron chi connectivity index (χ0n) is 12.9. The molecule has 4 nitrogen and oxygen atoms in total. The summed E-state index contributed by atoms with van der Waals surface area (Å²) in [6.45, 7) is 0. The highest BCUT2D eigenvalue weighted by molar-refractivity contribution is 7.80. The maximum absolute atomic E-state index is 13.2. The maximum Gasteiger partial charge on any atom is 0.338 e. The molecule has 0 aromatic heterocycles. The van der Waals surface area contributed by atoms with Gasteiger partial charge >= 0.3 is 5.97 Å². The number of hydrogen-bond acceptors (Lipinski definition) is 3. The highest BCUT2D eigenvalue weighted by Gasteiger charge is 2.32. The molecule has 1 aliphatic rings. The van der Waals surface area contributed by atoms with Gasteiger partial charge in [-0.2, -0.15) is 0 Å². The van der Waals surface area contributed by atoms with Crippen molar-refractivity contribution in [1.29, 1.82) is 0 Å². The van der Waals surface area contributed by atoms with Crippen LogP contribution in [-0.2, 0) is 9.53 Å². The summed E-state index contributed by atoms with van der Waals surface area (Å²) in [5.74, 6) is -0.826. The topological polar surface area (TPSA) is 50.4 Å². The number of ether oxygens (including phenoxy) is 1. The van der Waals surface area contributed by atoms with E-state index in [0.29, 0.717) is 21.9 Å². The van der Waals surface area contributed by atoms with E-state index in [9.17, 15) is 9.18 Å². The average Bonchev–Trinajstić information content (AvgIpc) is 2.61. The predicted octanol–water partition coefficient (Wildman–Crippen LogP) is 2.93. The molecule has 0 unspecified atom stereocenters. The zero-order chi connectivity index (χ0) is 17.1. The SMILES string of the molecule is COC(=O)C1=C(c2ccccc2)NC(=S)N[C@H]1c1ccc(F)cc1. The first kappa shape index (κ1) is 16.1. The van der Waals surface area contributed by atoms with Crippen LogP contribution in [0.25, 0.3) is 5.70 Å². The van der Waals surface area contributed by atoms with Crippen molar-refractivity contribution in [3.05, 3.63) is 77.1 Å². The number of carbonyl (C=O) groups is 1. The summed E-state index contributed by atoms with van der Waals surface area (Å²) in [5, 5.41) is 6.48. The molecule has 0 bridgehead atoms. The van der Waals surface area contributed by atoms with E-state index in [-0.39, 0.29) is 5.82 Å². The van der Waals surface area contributed by atoms with Crippen LogP contribution in [0.2, 0.25) is 0 Å². The fourth-order valence-electron chi connectivity index (χ4n) is 2.63. The molecule has 1 atom stereocenters. The van der Waals surface area contributed by atoms with E-state index in [1.807, 2.05) is 30.3 Å². The van der Waals surface area contributed by atoms with Gasteiger partial charge in [-0.3, -0.25) is 0 Å². The van der Waals surface area contributed by atoms with Crippen LogP contribution in [-0.4, -0.2) is 18.2 Å². The van der Waals surface area contributed by atoms with Gasteiger partial charge in [0.1, 0.15) is 5.82 Å². The molecule has 1 aliphatic heterocycles. The standard InChI is InChI=1S/C18H15FN2O2S/c1-23-17(22)14-15(11-5-3-2-4-6-11)20-18(24)21-16(14)12-7-9-13(19)10-8-12/h2-10,16H,1H3,(H2,20,21,24)/t16-/m0/s1. The molecule has 0 spiro atoms. The molecule has 0 amide bonds. The first-order valence-electron chi connectivity index (χ1n) is 7.31. The Morgan fingerprint density at radius 3 is 2.42 bits per heavy atom. The second-order valence-electron chi connectivity index (χ2n) is 5.23. The number of halogens is 1. The van der Waals surface area contributed by atoms with E-state index < -0.39 is 12.0 Å². The van der Waals surface area contributed by atoms with Gasteiger partial charge in [0.2, 0.25) is 0 Å². The summed E-state index contributed by atoms with van der Waals surface area (Å²) in [5.41, 5.74) is 2.51. The smallest absolute Gasteiger partial charge is 0.338 e. The van der Waals surface area contributed by atoms with Gasteiger partial charge in [-0.15, -0.1) is 0 Å². The normalized spacial score (nSPS) is 17.1. The van der Waals surface area contributed by atoms with Gasteiger partial charge in [-0.25, -0.2) is 9.18 Å². The van der Waals surface area contributed by atoms with Crippen LogP contribution < -0.4 is 10.6 Å². The van der Waals surface area contributed by atoms with Gasteiger partial charge < -0.3 is 15.4 Å². The molecule has 1 heterocycles. The zero-order valence-corrected chi connectivity index (χ0v) is 13.7. The third kappa shape index (κ3) is 3.14. The van der Waals surface area contributed by atoms with E-state index in [2.05, 4.69) is 10.6 Å². The monoisotopic (exact) mass is 342 g/mol. The molecule has 0 saturated heterocycles. The lowest BCUT2D eigenvalue weighted by atomic mass is 9.93. The molecule has 2 aromatic carbocycles. The van der Waals surface area contributed by atoms with Gasteiger partial charge in [-0.1, -0.05) is 42.5 Å². The van der Waals surface area contributed by atoms with Crippen molar-refractivity contribution in [2.75, 3.05) is 7.11 Å². The second kappa shape index (κ2) is 6.80. The summed E-state index contributed by atoms with van der Waals surface area (Å²) in [7, 11) is 1.33. The van der Waals surface area contributed by atoms with Crippen LogP contribution in [0.5, 0.6) is 0 Å². The maximum atomic E-state index is 13.2. The third-order valence-corrected chi connectivity index (χ3v) is 3.96. The van der Waals surface area contributed by atoms with E-state index >= 15 is 0 Å². The first-order valence-corrected chi connectivity index (χ1v) is 7.72. The van der Waals surface area contributed by atoms with Crippen molar-refractivity contribution >= 4 is 29.0 Å². The van der Waals surface area contributed by atoms with Crippen molar-refractivity contribution in [3.63, 3.8) is 0 Å². The number of thiocarbonyl (C=S) groups is 1. The average molecular weight is 342 g/mol. The minimum Gasteiger partial charge on any atom is -0.466 e. The van der Waals surface area contributed by atoms with Gasteiger partial charge in [0.15, 0.2) is 5.11 Å². The Kier molecular flexibility index (Phi) is 4.57. The van der Waals surface area contributed by atoms with Gasteiger partial charge in [0, 0.05) is 0 Å². The molecule has 0 aliphatic carbocycles. The lowest BCUT2D eigenvalue weighted by Crippen LogP contribution is -2.45. The van der Waals surface area contributed by atoms with E-state index in [4.69, 9.17) is 17.0 Å². The quantitative estimate of drug-likeness (QED) is 0.663. The van der Waals surface area contributed by atoms with E-state index in [0.717, 1.165) is 5.56 Å². The molecule has 24 heavy (non-hydrogen) atoms. The number of carbonyl (C=O) groups excluding carboxylic acids is 1. The third-order valence-electron chi connectivity index (χ3n) is 3.74. The molecular formula is C18H15FN2O2S. The van der Waals surface area contributed by atoms with Crippen LogP contribution in [0.1, 0.15) is 17.2 Å². The Morgan fingerprint density at radius 2 is 1.79 bits per heavy atom. The Morgan fingerprint density at radius 1 is 1.12 bits per heavy atom. The number of hydrogen-bond donors (Lipinski definition) is 2. The molecule has 2 N–H and O–H groups in total. The van der Waals surface area contributed by atoms with Crippen molar-refractivity contribution in [2.45, 2.75) is 6.04 Å². The fourth-order valence-corrected chi connectivity index (χ4v) is 2.85. The van der Waals surface area contributed by atoms with Crippen molar-refractivity contribution < 1.29 is 13.9 Å². The van der Waals surface area contributed by atoms with E-state index in [1.165, 1.54) is 19.2 Å². The Balaban J connectivity index is 2.17. The summed E-state index contributed by atoms with van der Waals surface area (Å²) in [6, 6.07) is 14.8. The number of benzene rings is 2. The van der Waals surface area contributed by atoms with Crippen LogP contribution in [0.4, 0.5) is 4.39 Å². The summed E-state index contributed by atoms with van der Waals surface area (Å²) in [4.78, 5) is 12.4. The van der Waals surface area contributed by atoms with Crippen molar-refractivity contribution in [1.82, 2.24) is 10.6 Å². The highest BCUT2D eigenvalue weighted by atomic mass is 32.1. The number of methoxy groups -OCH3 is 1. The largest absolute Gasteiger partial charge is 0.466 e. The molecule has 2 aromatic rings. The van der Waals surface area contributed by atoms with Crippen LogP contribution in [0.15, 0.2) is 60.2 Å². The van der Waals surface area contributed by atoms with Crippen LogP contribution in [0, 0.1) is 5.82 Å². The molecule has 3 rings (SSSR count). The van der Waals surface area contributed by atoms with Gasteiger partial charge in [0.25, 0.3) is 0 Å². The molecule has 0 saturated carbocycles. The van der Waals surface area contributed by atoms with Crippen molar-refractivity contribution in [2.24, 2.45) is 0 Å².